The molecule has 0 spiro atoms. The number of aliphatic hydroxyl groups is 1. The predicted molar refractivity (Wildman–Crippen MR) is 145 cm³/mol. The summed E-state index contributed by atoms with van der Waals surface area (Å²) in [5.41, 5.74) is 3.85. The topological polar surface area (TPSA) is 76.1 Å². The molecule has 1 aliphatic rings. The molecule has 3 aromatic carbocycles. The monoisotopic (exact) mass is 499 g/mol. The molecule has 192 valence electrons. The van der Waals surface area contributed by atoms with Gasteiger partial charge >= 0.3 is 0 Å². The molecule has 6 nitrogen and oxygen atoms in total. The van der Waals surface area contributed by atoms with Crippen molar-refractivity contribution in [3.8, 4) is 11.5 Å². The first-order valence-electron chi connectivity index (χ1n) is 12.6. The second kappa shape index (κ2) is 11.3. The summed E-state index contributed by atoms with van der Waals surface area (Å²) in [5.74, 6) is -1.11. The molecule has 0 radical (unpaired) electrons. The number of carbonyl (C=O) groups is 2. The second-order valence-corrected chi connectivity index (χ2v) is 9.07. The Hall–Kier alpha value is -4.06. The number of carbonyl (C=O) groups excluding carboxylic acids is 2. The van der Waals surface area contributed by atoms with E-state index in [0.29, 0.717) is 17.2 Å². The molecule has 37 heavy (non-hydrogen) atoms. The minimum Gasteiger partial charge on any atom is -0.506 e. The third kappa shape index (κ3) is 4.96. The molecule has 0 saturated carbocycles. The minimum atomic E-state index is -0.818. The highest BCUT2D eigenvalue weighted by Crippen LogP contribution is 2.45. The van der Waals surface area contributed by atoms with E-state index in [0.717, 1.165) is 36.8 Å². The van der Waals surface area contributed by atoms with Crippen LogP contribution in [0.15, 0.2) is 72.3 Å². The fourth-order valence-electron chi connectivity index (χ4n) is 4.77. The van der Waals surface area contributed by atoms with E-state index < -0.39 is 17.7 Å². The lowest BCUT2D eigenvalue weighted by Gasteiger charge is -2.26. The van der Waals surface area contributed by atoms with E-state index in [1.165, 1.54) is 24.7 Å². The summed E-state index contributed by atoms with van der Waals surface area (Å²) in [6.45, 7) is 4.21. The van der Waals surface area contributed by atoms with Gasteiger partial charge in [0.2, 0.25) is 0 Å². The number of anilines is 1. The average Bonchev–Trinajstić information content (AvgIpc) is 3.21. The molecule has 0 aliphatic carbocycles. The largest absolute Gasteiger partial charge is 0.506 e. The smallest absolute Gasteiger partial charge is 0.300 e. The van der Waals surface area contributed by atoms with E-state index in [-0.39, 0.29) is 16.9 Å². The Morgan fingerprint density at radius 3 is 2.00 bits per heavy atom. The van der Waals surface area contributed by atoms with Crippen LogP contribution in [0.1, 0.15) is 55.0 Å². The van der Waals surface area contributed by atoms with Gasteiger partial charge in [-0.05, 0) is 60.2 Å². The summed E-state index contributed by atoms with van der Waals surface area (Å²) in [7, 11) is 2.95. The standard InChI is InChI=1S/C31H33NO5/c1-5-7-9-21-14-18-23(19-15-21)32-28(22-16-12-20(6-2)13-17-22)27(30(34)31(32)35)29(33)26-24(36-3)10-8-11-25(26)37-4/h8,10-19,28,33H,5-7,9H2,1-4H3/b29-27+. The van der Waals surface area contributed by atoms with Crippen LogP contribution in [-0.2, 0) is 22.4 Å². The van der Waals surface area contributed by atoms with Crippen LogP contribution in [0.25, 0.3) is 5.76 Å². The molecule has 1 fully saturated rings. The zero-order valence-electron chi connectivity index (χ0n) is 21.8. The number of unbranched alkanes of at least 4 members (excludes halogenated alkanes) is 1. The van der Waals surface area contributed by atoms with Crippen LogP contribution >= 0.6 is 0 Å². The lowest BCUT2D eigenvalue weighted by atomic mass is 9.93. The molecular weight excluding hydrogens is 466 g/mol. The number of amides is 1. The zero-order valence-corrected chi connectivity index (χ0v) is 21.8. The summed E-state index contributed by atoms with van der Waals surface area (Å²) < 4.78 is 10.9. The molecule has 3 aromatic rings. The average molecular weight is 500 g/mol. The molecule has 1 saturated heterocycles. The number of benzene rings is 3. The Morgan fingerprint density at radius 2 is 1.46 bits per heavy atom. The fourth-order valence-corrected chi connectivity index (χ4v) is 4.77. The number of Topliss-reactive ketones (excluding diaryl/α,β-unsaturated/α-hetero) is 1. The van der Waals surface area contributed by atoms with E-state index in [1.807, 2.05) is 48.5 Å². The van der Waals surface area contributed by atoms with Crippen molar-refractivity contribution >= 4 is 23.1 Å². The Balaban J connectivity index is 1.92. The molecule has 1 aliphatic heterocycles. The zero-order chi connectivity index (χ0) is 26.5. The van der Waals surface area contributed by atoms with Crippen molar-refractivity contribution in [2.45, 2.75) is 45.6 Å². The summed E-state index contributed by atoms with van der Waals surface area (Å²) in [5, 5.41) is 11.6. The SMILES string of the molecule is CCCCc1ccc(N2C(=O)C(=O)/C(=C(/O)c3c(OC)cccc3OC)C2c2ccc(CC)cc2)cc1. The van der Waals surface area contributed by atoms with Crippen molar-refractivity contribution in [1.82, 2.24) is 0 Å². The first kappa shape index (κ1) is 26.0. The molecule has 0 aromatic heterocycles. The second-order valence-electron chi connectivity index (χ2n) is 9.07. The Kier molecular flexibility index (Phi) is 7.97. The number of hydrogen-bond donors (Lipinski definition) is 1. The van der Waals surface area contributed by atoms with Crippen LogP contribution < -0.4 is 14.4 Å². The van der Waals surface area contributed by atoms with E-state index in [9.17, 15) is 14.7 Å². The molecule has 0 bridgehead atoms. The molecule has 1 amide bonds. The lowest BCUT2D eigenvalue weighted by Crippen LogP contribution is -2.29. The predicted octanol–water partition coefficient (Wildman–Crippen LogP) is 6.24. The Morgan fingerprint density at radius 1 is 0.865 bits per heavy atom. The maximum Gasteiger partial charge on any atom is 0.300 e. The number of methoxy groups -OCH3 is 2. The van der Waals surface area contributed by atoms with E-state index >= 15 is 0 Å². The van der Waals surface area contributed by atoms with Gasteiger partial charge in [-0.1, -0.05) is 62.7 Å². The van der Waals surface area contributed by atoms with Gasteiger partial charge in [0.15, 0.2) is 0 Å². The summed E-state index contributed by atoms with van der Waals surface area (Å²) >= 11 is 0. The first-order chi connectivity index (χ1) is 17.9. The van der Waals surface area contributed by atoms with Gasteiger partial charge in [-0.3, -0.25) is 14.5 Å². The van der Waals surface area contributed by atoms with Crippen molar-refractivity contribution < 1.29 is 24.2 Å². The summed E-state index contributed by atoms with van der Waals surface area (Å²) in [6.07, 6.45) is 3.98. The molecule has 1 atom stereocenters. The van der Waals surface area contributed by atoms with Gasteiger partial charge < -0.3 is 14.6 Å². The van der Waals surface area contributed by atoms with Crippen LogP contribution in [0, 0.1) is 0 Å². The number of ether oxygens (including phenoxy) is 2. The maximum absolute atomic E-state index is 13.5. The highest BCUT2D eigenvalue weighted by Gasteiger charge is 2.47. The Bertz CT molecular complexity index is 1290. The fraction of sp³-hybridized carbons (Fsp3) is 0.290. The van der Waals surface area contributed by atoms with Crippen molar-refractivity contribution in [3.05, 3.63) is 94.6 Å². The molecular formula is C31H33NO5. The lowest BCUT2D eigenvalue weighted by molar-refractivity contribution is -0.132. The quantitative estimate of drug-likeness (QED) is 0.214. The van der Waals surface area contributed by atoms with Gasteiger partial charge in [-0.2, -0.15) is 0 Å². The first-order valence-corrected chi connectivity index (χ1v) is 12.6. The van der Waals surface area contributed by atoms with Crippen LogP contribution in [0.4, 0.5) is 5.69 Å². The van der Waals surface area contributed by atoms with Crippen LogP contribution in [-0.4, -0.2) is 31.0 Å². The maximum atomic E-state index is 13.5. The number of ketones is 1. The molecule has 1 N–H and O–H groups in total. The van der Waals surface area contributed by atoms with Gasteiger partial charge in [0.05, 0.1) is 25.8 Å². The van der Waals surface area contributed by atoms with Crippen LogP contribution in [0.5, 0.6) is 11.5 Å². The van der Waals surface area contributed by atoms with Crippen LogP contribution in [0.2, 0.25) is 0 Å². The third-order valence-electron chi connectivity index (χ3n) is 6.85. The Labute approximate surface area is 218 Å². The van der Waals surface area contributed by atoms with E-state index in [2.05, 4.69) is 13.8 Å². The van der Waals surface area contributed by atoms with Crippen molar-refractivity contribution in [2.75, 3.05) is 19.1 Å². The number of aliphatic hydroxyl groups excluding tert-OH is 1. The minimum absolute atomic E-state index is 0.00731. The van der Waals surface area contributed by atoms with Gasteiger partial charge in [-0.25, -0.2) is 0 Å². The summed E-state index contributed by atoms with van der Waals surface area (Å²) in [6, 6.07) is 19.8. The molecule has 6 heteroatoms. The van der Waals surface area contributed by atoms with Crippen molar-refractivity contribution in [3.63, 3.8) is 0 Å². The van der Waals surface area contributed by atoms with Gasteiger partial charge in [-0.15, -0.1) is 0 Å². The van der Waals surface area contributed by atoms with Crippen molar-refractivity contribution in [1.29, 1.82) is 0 Å². The normalized spacial score (nSPS) is 16.8. The molecule has 4 rings (SSSR count). The number of rotatable bonds is 9. The number of hydrogen-bond acceptors (Lipinski definition) is 5. The van der Waals surface area contributed by atoms with Gasteiger partial charge in [0.1, 0.15) is 22.8 Å². The van der Waals surface area contributed by atoms with Crippen LogP contribution in [0.3, 0.4) is 0 Å². The molecule has 1 heterocycles. The van der Waals surface area contributed by atoms with Crippen molar-refractivity contribution in [2.24, 2.45) is 0 Å². The van der Waals surface area contributed by atoms with E-state index in [4.69, 9.17) is 9.47 Å². The number of nitrogens with zero attached hydrogens (tertiary/aromatic N) is 1. The number of aryl methyl sites for hydroxylation is 2. The molecule has 1 unspecified atom stereocenters. The van der Waals surface area contributed by atoms with Gasteiger partial charge in [0, 0.05) is 5.69 Å². The van der Waals surface area contributed by atoms with Gasteiger partial charge in [0.25, 0.3) is 11.7 Å². The van der Waals surface area contributed by atoms with E-state index in [1.54, 1.807) is 18.2 Å². The highest BCUT2D eigenvalue weighted by atomic mass is 16.5. The third-order valence-corrected chi connectivity index (χ3v) is 6.85. The summed E-state index contributed by atoms with van der Waals surface area (Å²) in [4.78, 5) is 28.5. The highest BCUT2D eigenvalue weighted by molar-refractivity contribution is 6.51.